The SMILES string of the molecule is COOSN1CCC(C=O)CC1. The molecule has 1 aliphatic heterocycles. The number of carbonyl (C=O) groups is 1. The molecule has 0 aromatic rings. The molecule has 1 saturated heterocycles. The zero-order valence-electron chi connectivity index (χ0n) is 7.06. The molecular formula is C7H13NO3S. The minimum Gasteiger partial charge on any atom is -0.303 e. The van der Waals surface area contributed by atoms with Gasteiger partial charge in [0.05, 0.1) is 7.11 Å². The molecule has 70 valence electrons. The van der Waals surface area contributed by atoms with E-state index in [4.69, 9.17) is 4.33 Å². The molecule has 1 aliphatic rings. The summed E-state index contributed by atoms with van der Waals surface area (Å²) in [6.07, 6.45) is 2.88. The maximum Gasteiger partial charge on any atom is 0.123 e. The Morgan fingerprint density at radius 3 is 2.67 bits per heavy atom. The van der Waals surface area contributed by atoms with Gasteiger partial charge in [-0.1, -0.05) is 0 Å². The lowest BCUT2D eigenvalue weighted by atomic mass is 10.0. The standard InChI is InChI=1S/C7H13NO3S/c1-10-11-12-8-4-2-7(6-9)3-5-8/h6-7H,2-5H2,1H3. The van der Waals surface area contributed by atoms with Crippen LogP contribution in [0.25, 0.3) is 0 Å². The van der Waals surface area contributed by atoms with Crippen LogP contribution in [0.4, 0.5) is 0 Å². The van der Waals surface area contributed by atoms with Gasteiger partial charge >= 0.3 is 0 Å². The largest absolute Gasteiger partial charge is 0.303 e. The normalized spacial score (nSPS) is 21.1. The molecule has 5 heteroatoms. The van der Waals surface area contributed by atoms with E-state index in [-0.39, 0.29) is 5.92 Å². The molecule has 0 spiro atoms. The summed E-state index contributed by atoms with van der Waals surface area (Å²) >= 11 is 1.21. The number of piperidine rings is 1. The quantitative estimate of drug-likeness (QED) is 0.218. The lowest BCUT2D eigenvalue weighted by Crippen LogP contribution is -2.29. The summed E-state index contributed by atoms with van der Waals surface area (Å²) in [5, 5.41) is 0. The number of hydrogen-bond acceptors (Lipinski definition) is 5. The van der Waals surface area contributed by atoms with Crippen molar-refractivity contribution in [3.05, 3.63) is 0 Å². The van der Waals surface area contributed by atoms with Crippen LogP contribution in [0.5, 0.6) is 0 Å². The molecule has 0 saturated carbocycles. The summed E-state index contributed by atoms with van der Waals surface area (Å²) in [5.41, 5.74) is 0. The van der Waals surface area contributed by atoms with Crippen LogP contribution in [0.15, 0.2) is 0 Å². The van der Waals surface area contributed by atoms with Gasteiger partial charge in [0, 0.05) is 19.0 Å². The van der Waals surface area contributed by atoms with Gasteiger partial charge in [-0.25, -0.2) is 9.19 Å². The van der Waals surface area contributed by atoms with Crippen LogP contribution in [0.1, 0.15) is 12.8 Å². The molecule has 0 radical (unpaired) electrons. The monoisotopic (exact) mass is 191 g/mol. The third kappa shape index (κ3) is 3.10. The maximum absolute atomic E-state index is 10.4. The first-order valence-corrected chi connectivity index (χ1v) is 4.64. The van der Waals surface area contributed by atoms with Crippen molar-refractivity contribution in [2.24, 2.45) is 5.92 Å². The molecule has 0 amide bonds. The zero-order valence-corrected chi connectivity index (χ0v) is 7.88. The van der Waals surface area contributed by atoms with Gasteiger partial charge in [-0.15, -0.1) is 4.33 Å². The first-order chi connectivity index (χ1) is 5.86. The fraction of sp³-hybridized carbons (Fsp3) is 0.857. The molecule has 1 rings (SSSR count). The highest BCUT2D eigenvalue weighted by Gasteiger charge is 2.19. The van der Waals surface area contributed by atoms with Gasteiger partial charge < -0.3 is 4.79 Å². The highest BCUT2D eigenvalue weighted by atomic mass is 32.2. The van der Waals surface area contributed by atoms with Crippen molar-refractivity contribution in [2.45, 2.75) is 12.8 Å². The van der Waals surface area contributed by atoms with E-state index < -0.39 is 0 Å². The van der Waals surface area contributed by atoms with Gasteiger partial charge in [-0.2, -0.15) is 0 Å². The zero-order chi connectivity index (χ0) is 8.81. The Morgan fingerprint density at radius 1 is 1.50 bits per heavy atom. The highest BCUT2D eigenvalue weighted by Crippen LogP contribution is 2.21. The van der Waals surface area contributed by atoms with Gasteiger partial charge in [0.15, 0.2) is 0 Å². The average molecular weight is 191 g/mol. The first kappa shape index (κ1) is 9.98. The molecular weight excluding hydrogens is 178 g/mol. The molecule has 0 bridgehead atoms. The highest BCUT2D eigenvalue weighted by molar-refractivity contribution is 7.92. The van der Waals surface area contributed by atoms with Crippen LogP contribution in [-0.2, 0) is 14.0 Å². The number of carbonyl (C=O) groups excluding carboxylic acids is 1. The third-order valence-electron chi connectivity index (χ3n) is 1.89. The molecule has 0 aromatic heterocycles. The van der Waals surface area contributed by atoms with Crippen molar-refractivity contribution in [2.75, 3.05) is 20.2 Å². The Morgan fingerprint density at radius 2 is 2.17 bits per heavy atom. The Kier molecular flexibility index (Phi) is 4.60. The first-order valence-electron chi connectivity index (χ1n) is 3.94. The Labute approximate surface area is 76.5 Å². The fourth-order valence-electron chi connectivity index (χ4n) is 1.16. The summed E-state index contributed by atoms with van der Waals surface area (Å²) in [4.78, 5) is 14.8. The molecule has 0 N–H and O–H groups in total. The van der Waals surface area contributed by atoms with Gasteiger partial charge in [0.2, 0.25) is 0 Å². The fourth-order valence-corrected chi connectivity index (χ4v) is 1.67. The lowest BCUT2D eigenvalue weighted by molar-refractivity contribution is -0.163. The molecule has 1 heterocycles. The van der Waals surface area contributed by atoms with Gasteiger partial charge in [0.25, 0.3) is 0 Å². The van der Waals surface area contributed by atoms with Gasteiger partial charge in [-0.3, -0.25) is 0 Å². The molecule has 4 nitrogen and oxygen atoms in total. The predicted molar refractivity (Wildman–Crippen MR) is 46.0 cm³/mol. The van der Waals surface area contributed by atoms with Crippen molar-refractivity contribution in [1.82, 2.24) is 4.31 Å². The Hall–Kier alpha value is -0.100. The second-order valence-electron chi connectivity index (χ2n) is 2.71. The number of rotatable bonds is 4. The smallest absolute Gasteiger partial charge is 0.123 e. The summed E-state index contributed by atoms with van der Waals surface area (Å²) in [7, 11) is 1.48. The molecule has 0 aliphatic carbocycles. The summed E-state index contributed by atoms with van der Waals surface area (Å²) in [6, 6.07) is 0. The molecule has 0 aromatic carbocycles. The van der Waals surface area contributed by atoms with Crippen LogP contribution in [0, 0.1) is 5.92 Å². The van der Waals surface area contributed by atoms with Crippen LogP contribution in [0.2, 0.25) is 0 Å². The predicted octanol–water partition coefficient (Wildman–Crippen LogP) is 1.04. The minimum absolute atomic E-state index is 0.240. The molecule has 1 fully saturated rings. The summed E-state index contributed by atoms with van der Waals surface area (Å²) in [6.45, 7) is 1.77. The number of aldehydes is 1. The van der Waals surface area contributed by atoms with Crippen LogP contribution in [-0.4, -0.2) is 30.8 Å². The van der Waals surface area contributed by atoms with E-state index in [2.05, 4.69) is 4.89 Å². The topological polar surface area (TPSA) is 38.8 Å². The summed E-state index contributed by atoms with van der Waals surface area (Å²) < 4.78 is 6.74. The maximum atomic E-state index is 10.4. The third-order valence-corrected chi connectivity index (χ3v) is 2.67. The van der Waals surface area contributed by atoms with E-state index >= 15 is 0 Å². The van der Waals surface area contributed by atoms with Crippen molar-refractivity contribution in [3.8, 4) is 0 Å². The van der Waals surface area contributed by atoms with Crippen molar-refractivity contribution in [1.29, 1.82) is 0 Å². The van der Waals surface area contributed by atoms with E-state index in [1.54, 1.807) is 0 Å². The van der Waals surface area contributed by atoms with E-state index in [0.29, 0.717) is 0 Å². The summed E-state index contributed by atoms with van der Waals surface area (Å²) in [5.74, 6) is 0.240. The van der Waals surface area contributed by atoms with Gasteiger partial charge in [0.1, 0.15) is 18.5 Å². The van der Waals surface area contributed by atoms with E-state index in [9.17, 15) is 4.79 Å². The van der Waals surface area contributed by atoms with Crippen LogP contribution < -0.4 is 0 Å². The van der Waals surface area contributed by atoms with Crippen molar-refractivity contribution >= 4 is 18.5 Å². The Balaban J connectivity index is 2.12. The van der Waals surface area contributed by atoms with Crippen LogP contribution in [0.3, 0.4) is 0 Å². The second kappa shape index (κ2) is 5.53. The van der Waals surface area contributed by atoms with E-state index in [1.165, 1.54) is 19.3 Å². The second-order valence-corrected chi connectivity index (χ2v) is 3.51. The lowest BCUT2D eigenvalue weighted by Gasteiger charge is -2.26. The molecule has 0 atom stereocenters. The molecule has 12 heavy (non-hydrogen) atoms. The van der Waals surface area contributed by atoms with Crippen molar-refractivity contribution < 1.29 is 14.0 Å². The molecule has 0 unspecified atom stereocenters. The minimum atomic E-state index is 0.240. The van der Waals surface area contributed by atoms with E-state index in [0.717, 1.165) is 32.2 Å². The van der Waals surface area contributed by atoms with Crippen molar-refractivity contribution in [3.63, 3.8) is 0 Å². The average Bonchev–Trinajstić information content (AvgIpc) is 2.15. The van der Waals surface area contributed by atoms with Crippen LogP contribution >= 0.6 is 12.2 Å². The number of nitrogens with zero attached hydrogens (tertiary/aromatic N) is 1. The number of hydrogen-bond donors (Lipinski definition) is 0. The van der Waals surface area contributed by atoms with E-state index in [1.807, 2.05) is 4.31 Å². The Bertz CT molecular complexity index is 137. The van der Waals surface area contributed by atoms with Gasteiger partial charge in [-0.05, 0) is 12.8 Å².